The molecule has 0 aliphatic heterocycles. The lowest BCUT2D eigenvalue weighted by Crippen LogP contribution is -1.84. The molecule has 1 aromatic carbocycles. The van der Waals surface area contributed by atoms with E-state index in [1.165, 1.54) is 11.3 Å². The maximum Gasteiger partial charge on any atom is 0.271 e. The van der Waals surface area contributed by atoms with Gasteiger partial charge in [0, 0.05) is 6.07 Å². The number of aromatic nitrogens is 1. The standard InChI is InChI=1S/C9H10BNO2S/c10-2-1-5-3-6(12)4-7-8(5)14-9(13)11-7/h3-4,12H,1-2,10H2,(H,11,13). The molecule has 2 N–H and O–H groups in total. The Morgan fingerprint density at radius 3 is 2.86 bits per heavy atom. The van der Waals surface area contributed by atoms with Crippen molar-refractivity contribution in [3.05, 3.63) is 17.7 Å². The molecule has 3 nitrogen and oxygen atoms in total. The van der Waals surface area contributed by atoms with Gasteiger partial charge in [-0.3, -0.25) is 0 Å². The highest BCUT2D eigenvalue weighted by atomic mass is 32.1. The summed E-state index contributed by atoms with van der Waals surface area (Å²) in [4.78, 5) is 3.93. The SMILES string of the molecule is BCCc1cc(O)cc2nc(O)sc12. The van der Waals surface area contributed by atoms with Gasteiger partial charge in [0.2, 0.25) is 0 Å². The van der Waals surface area contributed by atoms with E-state index in [-0.39, 0.29) is 10.9 Å². The largest absolute Gasteiger partial charge is 0.508 e. The Bertz CT molecular complexity index is 469. The van der Waals surface area contributed by atoms with Crippen LogP contribution in [0.5, 0.6) is 10.9 Å². The summed E-state index contributed by atoms with van der Waals surface area (Å²) in [5, 5.41) is 18.8. The first kappa shape index (κ1) is 9.33. The van der Waals surface area contributed by atoms with E-state index in [0.29, 0.717) is 5.52 Å². The molecule has 0 fully saturated rings. The van der Waals surface area contributed by atoms with Crippen molar-refractivity contribution < 1.29 is 10.2 Å². The van der Waals surface area contributed by atoms with Crippen molar-refractivity contribution in [1.82, 2.24) is 4.98 Å². The van der Waals surface area contributed by atoms with Crippen LogP contribution in [0.1, 0.15) is 5.56 Å². The third kappa shape index (κ3) is 1.55. The van der Waals surface area contributed by atoms with E-state index in [4.69, 9.17) is 0 Å². The zero-order valence-corrected chi connectivity index (χ0v) is 8.64. The highest BCUT2D eigenvalue weighted by molar-refractivity contribution is 7.20. The van der Waals surface area contributed by atoms with Gasteiger partial charge in [-0.25, -0.2) is 4.98 Å². The van der Waals surface area contributed by atoms with Gasteiger partial charge in [0.1, 0.15) is 13.6 Å². The zero-order chi connectivity index (χ0) is 10.1. The average Bonchev–Trinajstić information content (AvgIpc) is 2.45. The van der Waals surface area contributed by atoms with Crippen molar-refractivity contribution in [3.8, 4) is 10.9 Å². The molecule has 0 radical (unpaired) electrons. The molecule has 0 atom stereocenters. The van der Waals surface area contributed by atoms with E-state index in [2.05, 4.69) is 12.8 Å². The lowest BCUT2D eigenvalue weighted by Gasteiger charge is -2.00. The van der Waals surface area contributed by atoms with Crippen molar-refractivity contribution >= 4 is 29.4 Å². The first-order chi connectivity index (χ1) is 6.70. The molecule has 72 valence electrons. The minimum Gasteiger partial charge on any atom is -0.508 e. The summed E-state index contributed by atoms with van der Waals surface area (Å²) in [6, 6.07) is 3.31. The van der Waals surface area contributed by atoms with Gasteiger partial charge in [-0.15, -0.1) is 0 Å². The summed E-state index contributed by atoms with van der Waals surface area (Å²) >= 11 is 1.26. The second-order valence-corrected chi connectivity index (χ2v) is 4.18. The maximum atomic E-state index is 9.43. The van der Waals surface area contributed by atoms with Crippen LogP contribution in [0.25, 0.3) is 10.2 Å². The van der Waals surface area contributed by atoms with Crippen LogP contribution in [0.3, 0.4) is 0 Å². The van der Waals surface area contributed by atoms with E-state index < -0.39 is 0 Å². The number of fused-ring (bicyclic) bond motifs is 1. The molecular formula is C9H10BNO2S. The first-order valence-electron chi connectivity index (χ1n) is 4.52. The normalized spacial score (nSPS) is 10.9. The average molecular weight is 207 g/mol. The maximum absolute atomic E-state index is 9.43. The second kappa shape index (κ2) is 3.50. The molecule has 0 bridgehead atoms. The predicted molar refractivity (Wildman–Crippen MR) is 60.0 cm³/mol. The second-order valence-electron chi connectivity index (χ2n) is 3.20. The quantitative estimate of drug-likeness (QED) is 0.729. The Morgan fingerprint density at radius 1 is 1.36 bits per heavy atom. The highest BCUT2D eigenvalue weighted by Gasteiger charge is 2.08. The van der Waals surface area contributed by atoms with Crippen LogP contribution < -0.4 is 0 Å². The molecule has 2 aromatic rings. The number of hydrogen-bond acceptors (Lipinski definition) is 4. The van der Waals surface area contributed by atoms with Gasteiger partial charge in [-0.2, -0.15) is 0 Å². The molecule has 0 saturated heterocycles. The number of phenolic OH excluding ortho intramolecular Hbond substituents is 1. The zero-order valence-electron chi connectivity index (χ0n) is 7.82. The van der Waals surface area contributed by atoms with E-state index >= 15 is 0 Å². The van der Waals surface area contributed by atoms with E-state index in [0.717, 1.165) is 23.0 Å². The molecule has 0 spiro atoms. The number of rotatable bonds is 2. The third-order valence-electron chi connectivity index (χ3n) is 2.06. The minimum absolute atomic E-state index is 0.0583. The van der Waals surface area contributed by atoms with E-state index in [1.54, 1.807) is 12.1 Å². The van der Waals surface area contributed by atoms with Gasteiger partial charge >= 0.3 is 0 Å². The Hall–Kier alpha value is -1.23. The molecular weight excluding hydrogens is 197 g/mol. The molecule has 0 unspecified atom stereocenters. The Balaban J connectivity index is 2.66. The van der Waals surface area contributed by atoms with Crippen molar-refractivity contribution in [2.24, 2.45) is 0 Å². The number of hydrogen-bond donors (Lipinski definition) is 2. The van der Waals surface area contributed by atoms with Gasteiger partial charge < -0.3 is 10.2 Å². The molecule has 1 aromatic heterocycles. The Kier molecular flexibility index (Phi) is 2.33. The Labute approximate surface area is 86.4 Å². The number of thiazole rings is 1. The number of nitrogens with zero attached hydrogens (tertiary/aromatic N) is 1. The van der Waals surface area contributed by atoms with Crippen molar-refractivity contribution in [3.63, 3.8) is 0 Å². The molecule has 1 heterocycles. The van der Waals surface area contributed by atoms with Gasteiger partial charge in [-0.05, 0) is 18.1 Å². The van der Waals surface area contributed by atoms with E-state index in [9.17, 15) is 10.2 Å². The summed E-state index contributed by atoms with van der Waals surface area (Å²) < 4.78 is 0.974. The first-order valence-corrected chi connectivity index (χ1v) is 5.33. The summed E-state index contributed by atoms with van der Waals surface area (Å²) in [6.45, 7) is 0. The lowest BCUT2D eigenvalue weighted by molar-refractivity contribution is 0.471. The van der Waals surface area contributed by atoms with Crippen molar-refractivity contribution in [1.29, 1.82) is 0 Å². The molecule has 5 heteroatoms. The fourth-order valence-corrected chi connectivity index (χ4v) is 2.36. The number of phenols is 1. The van der Waals surface area contributed by atoms with Gasteiger partial charge in [-0.1, -0.05) is 17.7 Å². The van der Waals surface area contributed by atoms with Crippen LogP contribution in [0, 0.1) is 0 Å². The summed E-state index contributed by atoms with van der Waals surface area (Å²) in [5.41, 5.74) is 1.73. The molecule has 14 heavy (non-hydrogen) atoms. The monoisotopic (exact) mass is 207 g/mol. The lowest BCUT2D eigenvalue weighted by atomic mass is 9.97. The van der Waals surface area contributed by atoms with Crippen molar-refractivity contribution in [2.45, 2.75) is 12.7 Å². The predicted octanol–water partition coefficient (Wildman–Crippen LogP) is 1.30. The van der Waals surface area contributed by atoms with Crippen LogP contribution >= 0.6 is 11.3 Å². The molecule has 0 aliphatic rings. The summed E-state index contributed by atoms with van der Waals surface area (Å²) in [7, 11) is 2.08. The smallest absolute Gasteiger partial charge is 0.271 e. The van der Waals surface area contributed by atoms with Gasteiger partial charge in [0.25, 0.3) is 5.19 Å². The summed E-state index contributed by atoms with van der Waals surface area (Å²) in [5.74, 6) is 0.214. The molecule has 2 rings (SSSR count). The van der Waals surface area contributed by atoms with Crippen molar-refractivity contribution in [2.75, 3.05) is 0 Å². The van der Waals surface area contributed by atoms with Gasteiger partial charge in [0.05, 0.1) is 10.2 Å². The van der Waals surface area contributed by atoms with E-state index in [1.807, 2.05) is 0 Å². The van der Waals surface area contributed by atoms with Gasteiger partial charge in [0.15, 0.2) is 0 Å². The fraction of sp³-hybridized carbons (Fsp3) is 0.222. The fourth-order valence-electron chi connectivity index (χ4n) is 1.53. The topological polar surface area (TPSA) is 53.4 Å². The van der Waals surface area contributed by atoms with Crippen LogP contribution in [-0.2, 0) is 6.42 Å². The molecule has 0 amide bonds. The van der Waals surface area contributed by atoms with Crippen LogP contribution in [-0.4, -0.2) is 23.0 Å². The van der Waals surface area contributed by atoms with Crippen LogP contribution in [0.4, 0.5) is 0 Å². The third-order valence-corrected chi connectivity index (χ3v) is 3.01. The summed E-state index contributed by atoms with van der Waals surface area (Å²) in [6.07, 6.45) is 1.91. The molecule has 0 aliphatic carbocycles. The Morgan fingerprint density at radius 2 is 2.14 bits per heavy atom. The van der Waals surface area contributed by atoms with Crippen LogP contribution in [0.2, 0.25) is 6.32 Å². The number of aromatic hydroxyl groups is 2. The number of benzene rings is 1. The van der Waals surface area contributed by atoms with Crippen LogP contribution in [0.15, 0.2) is 12.1 Å². The highest BCUT2D eigenvalue weighted by Crippen LogP contribution is 2.33. The molecule has 0 saturated carbocycles. The minimum atomic E-state index is 0.0583. The number of aryl methyl sites for hydroxylation is 1.